The lowest BCUT2D eigenvalue weighted by Crippen LogP contribution is -2.51. The maximum atomic E-state index is 13.8. The standard InChI is InChI=1S/C46H55N5O6/c1-33-15-18-35(19-16-33)37-12-7-8-13-38(37)45(54)47-39-21-20-36(31-41(39)56-4)46(55)48(3)40-22-17-34(2)30-42(40)57-29-11-5-6-14-43(52)51-27-25-49(26-28-51)32-44(53)50-23-9-10-24-50/h7-8,12-13,15-22,30-31H,5-6,9-11,14,23-29,32H2,1-4H3,(H,47,54). The summed E-state index contributed by atoms with van der Waals surface area (Å²) in [6.45, 7) is 9.43. The summed E-state index contributed by atoms with van der Waals surface area (Å²) in [7, 11) is 3.22. The van der Waals surface area contributed by atoms with Gasteiger partial charge in [-0.1, -0.05) is 54.1 Å². The maximum Gasteiger partial charge on any atom is 0.258 e. The van der Waals surface area contributed by atoms with Gasteiger partial charge in [-0.2, -0.15) is 0 Å². The molecule has 11 heteroatoms. The fraction of sp³-hybridized carbons (Fsp3) is 0.391. The molecule has 0 atom stereocenters. The minimum atomic E-state index is -0.287. The van der Waals surface area contributed by atoms with Gasteiger partial charge in [-0.05, 0) is 99.0 Å². The summed E-state index contributed by atoms with van der Waals surface area (Å²) in [5.74, 6) is 0.787. The topological polar surface area (TPSA) is 112 Å². The summed E-state index contributed by atoms with van der Waals surface area (Å²) in [6, 6.07) is 26.2. The van der Waals surface area contributed by atoms with Crippen molar-refractivity contribution in [3.05, 3.63) is 107 Å². The van der Waals surface area contributed by atoms with Gasteiger partial charge in [-0.3, -0.25) is 24.1 Å². The number of rotatable bonds is 15. The van der Waals surface area contributed by atoms with Crippen molar-refractivity contribution >= 4 is 35.0 Å². The van der Waals surface area contributed by atoms with Gasteiger partial charge in [0.25, 0.3) is 11.8 Å². The summed E-state index contributed by atoms with van der Waals surface area (Å²) in [5, 5.41) is 2.97. The van der Waals surface area contributed by atoms with Gasteiger partial charge in [0.15, 0.2) is 0 Å². The first-order chi connectivity index (χ1) is 27.6. The lowest BCUT2D eigenvalue weighted by molar-refractivity contribution is -0.134. The number of hydrogen-bond donors (Lipinski definition) is 1. The monoisotopic (exact) mass is 773 g/mol. The molecule has 57 heavy (non-hydrogen) atoms. The van der Waals surface area contributed by atoms with E-state index >= 15 is 0 Å². The molecule has 0 radical (unpaired) electrons. The van der Waals surface area contributed by atoms with E-state index in [1.807, 2.05) is 84.3 Å². The zero-order valence-corrected chi connectivity index (χ0v) is 33.7. The number of methoxy groups -OCH3 is 1. The first-order valence-electron chi connectivity index (χ1n) is 20.1. The highest BCUT2D eigenvalue weighted by Crippen LogP contribution is 2.33. The van der Waals surface area contributed by atoms with E-state index in [-0.39, 0.29) is 23.6 Å². The molecule has 0 aliphatic carbocycles. The van der Waals surface area contributed by atoms with Crippen molar-refractivity contribution < 1.29 is 28.7 Å². The molecule has 0 unspecified atom stereocenters. The Bertz CT molecular complexity index is 2040. The van der Waals surface area contributed by atoms with Gasteiger partial charge in [0.2, 0.25) is 11.8 Å². The van der Waals surface area contributed by atoms with Crippen LogP contribution in [0, 0.1) is 13.8 Å². The van der Waals surface area contributed by atoms with E-state index < -0.39 is 0 Å². The Labute approximate surface area is 336 Å². The minimum Gasteiger partial charge on any atom is -0.495 e. The molecule has 0 saturated carbocycles. The molecule has 2 aliphatic rings. The first-order valence-corrected chi connectivity index (χ1v) is 20.1. The van der Waals surface area contributed by atoms with Gasteiger partial charge in [-0.15, -0.1) is 0 Å². The molecule has 2 saturated heterocycles. The highest BCUT2D eigenvalue weighted by Gasteiger charge is 2.25. The van der Waals surface area contributed by atoms with Crippen LogP contribution < -0.4 is 19.7 Å². The highest BCUT2D eigenvalue weighted by molar-refractivity contribution is 6.10. The molecular weight excluding hydrogens is 719 g/mol. The third-order valence-corrected chi connectivity index (χ3v) is 10.8. The van der Waals surface area contributed by atoms with Crippen LogP contribution in [0.4, 0.5) is 11.4 Å². The Hall–Kier alpha value is -5.68. The third kappa shape index (κ3) is 10.6. The SMILES string of the molecule is COc1cc(C(=O)N(C)c2ccc(C)cc2OCCCCCC(=O)N2CCN(CC(=O)N3CCCC3)CC2)ccc1NC(=O)c1ccccc1-c1ccc(C)cc1. The Kier molecular flexibility index (Phi) is 14.0. The number of aryl methyl sites for hydroxylation is 2. The summed E-state index contributed by atoms with van der Waals surface area (Å²) < 4.78 is 11.9. The van der Waals surface area contributed by atoms with Gasteiger partial charge >= 0.3 is 0 Å². The molecule has 1 N–H and O–H groups in total. The highest BCUT2D eigenvalue weighted by atomic mass is 16.5. The second-order valence-electron chi connectivity index (χ2n) is 15.0. The van der Waals surface area contributed by atoms with E-state index in [0.717, 1.165) is 80.5 Å². The van der Waals surface area contributed by atoms with Gasteiger partial charge in [0.1, 0.15) is 11.5 Å². The molecule has 2 fully saturated rings. The first kappa shape index (κ1) is 41.0. The van der Waals surface area contributed by atoms with E-state index in [9.17, 15) is 19.2 Å². The number of benzene rings is 4. The van der Waals surface area contributed by atoms with E-state index in [4.69, 9.17) is 9.47 Å². The number of carbonyl (C=O) groups excluding carboxylic acids is 4. The maximum absolute atomic E-state index is 13.8. The van der Waals surface area contributed by atoms with E-state index in [2.05, 4.69) is 10.2 Å². The number of carbonyl (C=O) groups is 4. The quantitative estimate of drug-likeness (QED) is 0.127. The number of nitrogens with one attached hydrogen (secondary N) is 1. The number of likely N-dealkylation sites (tertiary alicyclic amines) is 1. The average molecular weight is 774 g/mol. The number of nitrogens with zero attached hydrogens (tertiary/aromatic N) is 4. The Morgan fingerprint density at radius 3 is 2.16 bits per heavy atom. The number of amides is 4. The molecule has 300 valence electrons. The minimum absolute atomic E-state index is 0.165. The summed E-state index contributed by atoms with van der Waals surface area (Å²) in [6.07, 6.45) is 5.06. The Balaban J connectivity index is 0.986. The van der Waals surface area contributed by atoms with Crippen molar-refractivity contribution in [3.63, 3.8) is 0 Å². The van der Waals surface area contributed by atoms with E-state index in [1.165, 1.54) is 7.11 Å². The Morgan fingerprint density at radius 1 is 0.719 bits per heavy atom. The van der Waals surface area contributed by atoms with Crippen LogP contribution in [0.3, 0.4) is 0 Å². The number of unbranched alkanes of at least 4 members (excludes halogenated alkanes) is 2. The van der Waals surface area contributed by atoms with Crippen molar-refractivity contribution in [2.75, 3.05) is 76.8 Å². The second kappa shape index (κ2) is 19.5. The van der Waals surface area contributed by atoms with Crippen LogP contribution in [0.25, 0.3) is 11.1 Å². The second-order valence-corrected chi connectivity index (χ2v) is 15.0. The number of ether oxygens (including phenoxy) is 2. The van der Waals surface area contributed by atoms with Crippen LogP contribution in [-0.2, 0) is 9.59 Å². The normalized spacial score (nSPS) is 14.3. The predicted octanol–water partition coefficient (Wildman–Crippen LogP) is 7.21. The summed E-state index contributed by atoms with van der Waals surface area (Å²) in [5.41, 5.74) is 5.90. The van der Waals surface area contributed by atoms with Crippen LogP contribution in [0.2, 0.25) is 0 Å². The molecule has 11 nitrogen and oxygen atoms in total. The van der Waals surface area contributed by atoms with Crippen LogP contribution in [0.15, 0.2) is 84.9 Å². The molecule has 4 amide bonds. The van der Waals surface area contributed by atoms with Gasteiger partial charge in [0.05, 0.1) is 31.6 Å². The zero-order chi connectivity index (χ0) is 40.3. The molecule has 2 heterocycles. The van der Waals surface area contributed by atoms with Crippen LogP contribution >= 0.6 is 0 Å². The van der Waals surface area contributed by atoms with Crippen molar-refractivity contribution in [2.24, 2.45) is 0 Å². The van der Waals surface area contributed by atoms with Crippen molar-refractivity contribution in [1.82, 2.24) is 14.7 Å². The lowest BCUT2D eigenvalue weighted by atomic mass is 9.98. The van der Waals surface area contributed by atoms with Gasteiger partial charge in [0, 0.05) is 63.9 Å². The average Bonchev–Trinajstić information content (AvgIpc) is 3.78. The number of hydrogen-bond acceptors (Lipinski definition) is 7. The molecule has 6 rings (SSSR count). The van der Waals surface area contributed by atoms with Crippen LogP contribution in [0.5, 0.6) is 11.5 Å². The third-order valence-electron chi connectivity index (χ3n) is 10.8. The van der Waals surface area contributed by atoms with Crippen molar-refractivity contribution in [2.45, 2.75) is 52.4 Å². The summed E-state index contributed by atoms with van der Waals surface area (Å²) >= 11 is 0. The molecule has 4 aromatic carbocycles. The van der Waals surface area contributed by atoms with E-state index in [0.29, 0.717) is 66.7 Å². The lowest BCUT2D eigenvalue weighted by Gasteiger charge is -2.35. The van der Waals surface area contributed by atoms with Crippen LogP contribution in [0.1, 0.15) is 70.4 Å². The molecule has 0 bridgehead atoms. The van der Waals surface area contributed by atoms with E-state index in [1.54, 1.807) is 36.2 Å². The van der Waals surface area contributed by atoms with Crippen LogP contribution in [-0.4, -0.2) is 105 Å². The van der Waals surface area contributed by atoms with Gasteiger partial charge < -0.3 is 29.5 Å². The van der Waals surface area contributed by atoms with Crippen molar-refractivity contribution in [3.8, 4) is 22.6 Å². The molecule has 4 aromatic rings. The molecule has 0 aromatic heterocycles. The predicted molar refractivity (Wildman–Crippen MR) is 224 cm³/mol. The number of piperazine rings is 1. The van der Waals surface area contributed by atoms with Gasteiger partial charge in [-0.25, -0.2) is 0 Å². The number of anilines is 2. The van der Waals surface area contributed by atoms with Crippen molar-refractivity contribution in [1.29, 1.82) is 0 Å². The Morgan fingerprint density at radius 2 is 1.42 bits per heavy atom. The smallest absolute Gasteiger partial charge is 0.258 e. The molecular formula is C46H55N5O6. The zero-order valence-electron chi connectivity index (χ0n) is 33.7. The largest absolute Gasteiger partial charge is 0.495 e. The summed E-state index contributed by atoms with van der Waals surface area (Å²) in [4.78, 5) is 60.4. The fourth-order valence-corrected chi connectivity index (χ4v) is 7.41. The fourth-order valence-electron chi connectivity index (χ4n) is 7.41. The molecule has 2 aliphatic heterocycles. The molecule has 0 spiro atoms.